The minimum Gasteiger partial charge on any atom is -0.423 e. The molecule has 0 saturated heterocycles. The van der Waals surface area contributed by atoms with Crippen molar-refractivity contribution in [2.45, 2.75) is 104 Å². The second-order valence-corrected chi connectivity index (χ2v) is 7.84. The van der Waals surface area contributed by atoms with E-state index in [1.54, 1.807) is 24.3 Å². The highest BCUT2D eigenvalue weighted by molar-refractivity contribution is 5.76. The third kappa shape index (κ3) is 11.7. The Hall–Kier alpha value is -1.84. The fraction of sp³-hybridized carbons (Fsp3) is 0.680. The number of carbonyl (C=O) groups is 2. The molecule has 1 aromatic rings. The second kappa shape index (κ2) is 16.0. The number of hydrogen-bond acceptors (Lipinski definition) is 4. The monoisotopic (exact) mass is 404 g/mol. The molecular formula is C25H40O4. The van der Waals surface area contributed by atoms with Gasteiger partial charge in [-0.25, -0.2) is 0 Å². The van der Waals surface area contributed by atoms with Crippen molar-refractivity contribution in [1.82, 2.24) is 0 Å². The van der Waals surface area contributed by atoms with Crippen LogP contribution in [-0.2, 0) is 9.59 Å². The van der Waals surface area contributed by atoms with E-state index in [0.717, 1.165) is 50.9 Å². The van der Waals surface area contributed by atoms with Gasteiger partial charge in [0, 0.05) is 12.8 Å². The van der Waals surface area contributed by atoms with Gasteiger partial charge in [0.25, 0.3) is 0 Å². The Morgan fingerprint density at radius 2 is 1.21 bits per heavy atom. The summed E-state index contributed by atoms with van der Waals surface area (Å²) < 4.78 is 10.9. The molecule has 0 aliphatic heterocycles. The Morgan fingerprint density at radius 3 is 1.69 bits per heavy atom. The van der Waals surface area contributed by atoms with Crippen LogP contribution in [0.5, 0.6) is 11.5 Å². The molecular weight excluding hydrogens is 364 g/mol. The number of carbonyl (C=O) groups excluding carboxylic acids is 2. The van der Waals surface area contributed by atoms with Crippen molar-refractivity contribution in [2.75, 3.05) is 0 Å². The molecule has 4 heteroatoms. The quantitative estimate of drug-likeness (QED) is 0.165. The van der Waals surface area contributed by atoms with E-state index >= 15 is 0 Å². The van der Waals surface area contributed by atoms with Crippen LogP contribution in [0.4, 0.5) is 0 Å². The zero-order chi connectivity index (χ0) is 21.3. The van der Waals surface area contributed by atoms with E-state index in [4.69, 9.17) is 9.47 Å². The van der Waals surface area contributed by atoms with Crippen molar-refractivity contribution >= 4 is 11.9 Å². The van der Waals surface area contributed by atoms with Gasteiger partial charge >= 0.3 is 11.9 Å². The van der Waals surface area contributed by atoms with Crippen molar-refractivity contribution in [1.29, 1.82) is 0 Å². The van der Waals surface area contributed by atoms with E-state index in [-0.39, 0.29) is 11.9 Å². The van der Waals surface area contributed by atoms with Gasteiger partial charge in [0.15, 0.2) is 11.5 Å². The minimum absolute atomic E-state index is 0.267. The molecule has 0 spiro atoms. The molecule has 0 aliphatic carbocycles. The van der Waals surface area contributed by atoms with Crippen LogP contribution in [-0.4, -0.2) is 11.9 Å². The molecule has 0 aliphatic rings. The maximum absolute atomic E-state index is 12.2. The summed E-state index contributed by atoms with van der Waals surface area (Å²) in [4.78, 5) is 24.2. The lowest BCUT2D eigenvalue weighted by atomic mass is 9.96. The van der Waals surface area contributed by atoms with Gasteiger partial charge in [-0.1, -0.05) is 90.7 Å². The summed E-state index contributed by atoms with van der Waals surface area (Å²) >= 11 is 0. The summed E-state index contributed by atoms with van der Waals surface area (Å²) in [5.74, 6) is 0.948. The summed E-state index contributed by atoms with van der Waals surface area (Å²) in [6.45, 7) is 6.65. The molecule has 0 N–H and O–H groups in total. The zero-order valence-corrected chi connectivity index (χ0v) is 18.7. The van der Waals surface area contributed by atoms with E-state index in [9.17, 15) is 9.59 Å². The predicted octanol–water partition coefficient (Wildman–Crippen LogP) is 7.24. The Bertz CT molecular complexity index is 578. The Balaban J connectivity index is 2.32. The van der Waals surface area contributed by atoms with Crippen molar-refractivity contribution in [3.05, 3.63) is 24.3 Å². The van der Waals surface area contributed by atoms with Gasteiger partial charge in [-0.05, 0) is 30.9 Å². The van der Waals surface area contributed by atoms with E-state index in [0.29, 0.717) is 24.3 Å². The number of hydrogen-bond donors (Lipinski definition) is 0. The highest BCUT2D eigenvalue weighted by Crippen LogP contribution is 2.27. The summed E-state index contributed by atoms with van der Waals surface area (Å²) in [6.07, 6.45) is 13.0. The van der Waals surface area contributed by atoms with Crippen molar-refractivity contribution in [3.63, 3.8) is 0 Å². The fourth-order valence-electron chi connectivity index (χ4n) is 3.42. The normalized spacial score (nSPS) is 10.9. The molecule has 0 amide bonds. The highest BCUT2D eigenvalue weighted by atomic mass is 16.6. The molecule has 0 bridgehead atoms. The largest absolute Gasteiger partial charge is 0.423 e. The predicted molar refractivity (Wildman–Crippen MR) is 118 cm³/mol. The molecule has 0 saturated carbocycles. The first-order chi connectivity index (χ1) is 14.1. The molecule has 4 nitrogen and oxygen atoms in total. The van der Waals surface area contributed by atoms with E-state index in [2.05, 4.69) is 20.8 Å². The first-order valence-corrected chi connectivity index (χ1v) is 11.6. The Morgan fingerprint density at radius 1 is 0.724 bits per heavy atom. The average Bonchev–Trinajstić information content (AvgIpc) is 2.72. The van der Waals surface area contributed by atoms with Crippen LogP contribution in [0.25, 0.3) is 0 Å². The van der Waals surface area contributed by atoms with Crippen LogP contribution in [0.2, 0.25) is 0 Å². The van der Waals surface area contributed by atoms with Gasteiger partial charge in [-0.15, -0.1) is 0 Å². The van der Waals surface area contributed by atoms with Crippen molar-refractivity contribution < 1.29 is 19.1 Å². The molecule has 164 valence electrons. The lowest BCUT2D eigenvalue weighted by Crippen LogP contribution is -2.12. The molecule has 0 unspecified atom stereocenters. The zero-order valence-electron chi connectivity index (χ0n) is 18.7. The van der Waals surface area contributed by atoms with Gasteiger partial charge in [-0.3, -0.25) is 9.59 Å². The first-order valence-electron chi connectivity index (χ1n) is 11.6. The number of unbranched alkanes of at least 4 members (excludes halogenated alkanes) is 6. The third-order valence-electron chi connectivity index (χ3n) is 5.43. The van der Waals surface area contributed by atoms with Crippen LogP contribution >= 0.6 is 0 Å². The van der Waals surface area contributed by atoms with E-state index in [1.165, 1.54) is 25.7 Å². The summed E-state index contributed by atoms with van der Waals surface area (Å²) in [7, 11) is 0. The van der Waals surface area contributed by atoms with Crippen LogP contribution in [0.3, 0.4) is 0 Å². The first kappa shape index (κ1) is 25.2. The SMILES string of the molecule is CCCCCCC(=O)Oc1ccccc1OC(=O)CCCCCCC(CC)CC. The number of para-hydroxylation sites is 2. The third-order valence-corrected chi connectivity index (χ3v) is 5.43. The smallest absolute Gasteiger partial charge is 0.311 e. The van der Waals surface area contributed by atoms with Gasteiger partial charge in [-0.2, -0.15) is 0 Å². The lowest BCUT2D eigenvalue weighted by molar-refractivity contribution is -0.137. The Kier molecular flexibility index (Phi) is 13.9. The molecule has 29 heavy (non-hydrogen) atoms. The van der Waals surface area contributed by atoms with Gasteiger partial charge in [0.2, 0.25) is 0 Å². The molecule has 1 aromatic carbocycles. The topological polar surface area (TPSA) is 52.6 Å². The van der Waals surface area contributed by atoms with Gasteiger partial charge in [0.05, 0.1) is 0 Å². The van der Waals surface area contributed by atoms with Crippen LogP contribution in [0.1, 0.15) is 104 Å². The summed E-state index contributed by atoms with van der Waals surface area (Å²) in [5.41, 5.74) is 0. The van der Waals surface area contributed by atoms with Crippen molar-refractivity contribution in [3.8, 4) is 11.5 Å². The maximum Gasteiger partial charge on any atom is 0.311 e. The van der Waals surface area contributed by atoms with E-state index in [1.807, 2.05) is 0 Å². The van der Waals surface area contributed by atoms with Gasteiger partial charge in [0.1, 0.15) is 0 Å². The van der Waals surface area contributed by atoms with Crippen LogP contribution < -0.4 is 9.47 Å². The standard InChI is InChI=1S/C25H40O4/c1-4-7-8-12-19-24(26)28-22-17-14-15-18-23(22)29-25(27)20-13-10-9-11-16-21(5-2)6-3/h14-15,17-18,21H,4-13,16,19-20H2,1-3H3. The maximum atomic E-state index is 12.2. The molecule has 0 atom stereocenters. The summed E-state index contributed by atoms with van der Waals surface area (Å²) in [5, 5.41) is 0. The molecule has 0 radical (unpaired) electrons. The molecule has 0 aromatic heterocycles. The number of benzene rings is 1. The van der Waals surface area contributed by atoms with Crippen LogP contribution in [0.15, 0.2) is 24.3 Å². The summed E-state index contributed by atoms with van der Waals surface area (Å²) in [6, 6.07) is 6.90. The number of esters is 2. The molecule has 0 heterocycles. The highest BCUT2D eigenvalue weighted by Gasteiger charge is 2.13. The van der Waals surface area contributed by atoms with Crippen LogP contribution in [0, 0.1) is 5.92 Å². The lowest BCUT2D eigenvalue weighted by Gasteiger charge is -2.11. The van der Waals surface area contributed by atoms with Gasteiger partial charge < -0.3 is 9.47 Å². The Labute approximate surface area is 177 Å². The minimum atomic E-state index is -0.276. The molecule has 1 rings (SSSR count). The second-order valence-electron chi connectivity index (χ2n) is 7.84. The fourth-order valence-corrected chi connectivity index (χ4v) is 3.42. The average molecular weight is 405 g/mol. The molecule has 0 fully saturated rings. The number of rotatable bonds is 16. The van der Waals surface area contributed by atoms with Crippen molar-refractivity contribution in [2.24, 2.45) is 5.92 Å². The van der Waals surface area contributed by atoms with E-state index < -0.39 is 0 Å². The number of ether oxygens (including phenoxy) is 2.